The van der Waals surface area contributed by atoms with Crippen LogP contribution in [0.5, 0.6) is 0 Å². The second-order valence-corrected chi connectivity index (χ2v) is 6.26. The predicted molar refractivity (Wildman–Crippen MR) is 86.7 cm³/mol. The highest BCUT2D eigenvalue weighted by molar-refractivity contribution is 9.10. The summed E-state index contributed by atoms with van der Waals surface area (Å²) >= 11 is 3.28. The first-order valence-corrected chi connectivity index (χ1v) is 8.00. The SMILES string of the molecule is Cc1c(C(O)CNCc2ncc(Br)cn2)ccc2c1COC2=O. The van der Waals surface area contributed by atoms with Gasteiger partial charge in [-0.3, -0.25) is 0 Å². The molecule has 1 aromatic heterocycles. The van der Waals surface area contributed by atoms with Crippen molar-refractivity contribution < 1.29 is 14.6 Å². The van der Waals surface area contributed by atoms with Crippen molar-refractivity contribution in [1.29, 1.82) is 0 Å². The first kappa shape index (κ1) is 16.0. The van der Waals surface area contributed by atoms with Crippen LogP contribution in [0, 0.1) is 6.92 Å². The monoisotopic (exact) mass is 377 g/mol. The molecule has 120 valence electrons. The van der Waals surface area contributed by atoms with Crippen molar-refractivity contribution in [2.45, 2.75) is 26.2 Å². The highest BCUT2D eigenvalue weighted by atomic mass is 79.9. The number of esters is 1. The van der Waals surface area contributed by atoms with Crippen LogP contribution in [0.1, 0.15) is 39.0 Å². The van der Waals surface area contributed by atoms with Gasteiger partial charge >= 0.3 is 5.97 Å². The number of aliphatic hydroxyl groups excluding tert-OH is 1. The molecular formula is C16H16BrN3O3. The topological polar surface area (TPSA) is 84.3 Å². The number of carbonyl (C=O) groups is 1. The maximum absolute atomic E-state index is 11.5. The van der Waals surface area contributed by atoms with Gasteiger partial charge in [-0.05, 0) is 40.0 Å². The molecule has 1 aromatic carbocycles. The Bertz CT molecular complexity index is 734. The molecule has 23 heavy (non-hydrogen) atoms. The molecule has 0 bridgehead atoms. The predicted octanol–water partition coefficient (Wildman–Crippen LogP) is 2.04. The van der Waals surface area contributed by atoms with Crippen LogP contribution < -0.4 is 5.32 Å². The summed E-state index contributed by atoms with van der Waals surface area (Å²) in [6.45, 7) is 3.02. The molecule has 1 unspecified atom stereocenters. The molecular weight excluding hydrogens is 362 g/mol. The fraction of sp³-hybridized carbons (Fsp3) is 0.312. The number of fused-ring (bicyclic) bond motifs is 1. The fourth-order valence-corrected chi connectivity index (χ4v) is 2.79. The lowest BCUT2D eigenvalue weighted by Gasteiger charge is -2.16. The van der Waals surface area contributed by atoms with Crippen molar-refractivity contribution >= 4 is 21.9 Å². The van der Waals surface area contributed by atoms with Crippen molar-refractivity contribution in [3.05, 3.63) is 57.1 Å². The summed E-state index contributed by atoms with van der Waals surface area (Å²) in [6, 6.07) is 3.50. The van der Waals surface area contributed by atoms with Crippen LogP contribution in [0.3, 0.4) is 0 Å². The minimum atomic E-state index is -0.675. The van der Waals surface area contributed by atoms with Crippen LogP contribution in [0.4, 0.5) is 0 Å². The zero-order valence-electron chi connectivity index (χ0n) is 12.5. The van der Waals surface area contributed by atoms with Gasteiger partial charge < -0.3 is 15.2 Å². The van der Waals surface area contributed by atoms with Gasteiger partial charge in [-0.15, -0.1) is 0 Å². The molecule has 1 aliphatic heterocycles. The number of aromatic nitrogens is 2. The highest BCUT2D eigenvalue weighted by Gasteiger charge is 2.25. The molecule has 0 radical (unpaired) electrons. The van der Waals surface area contributed by atoms with E-state index in [1.807, 2.05) is 6.92 Å². The maximum atomic E-state index is 11.5. The summed E-state index contributed by atoms with van der Waals surface area (Å²) in [6.07, 6.45) is 2.69. The molecule has 1 atom stereocenters. The second kappa shape index (κ2) is 6.74. The van der Waals surface area contributed by atoms with E-state index in [1.54, 1.807) is 24.5 Å². The molecule has 2 aromatic rings. The Morgan fingerprint density at radius 3 is 2.87 bits per heavy atom. The number of benzene rings is 1. The average Bonchev–Trinajstić information content (AvgIpc) is 2.92. The normalized spacial score (nSPS) is 14.5. The van der Waals surface area contributed by atoms with E-state index in [9.17, 15) is 9.90 Å². The molecule has 2 heterocycles. The third kappa shape index (κ3) is 3.41. The Kier molecular flexibility index (Phi) is 4.70. The zero-order valence-corrected chi connectivity index (χ0v) is 14.1. The minimum absolute atomic E-state index is 0.278. The van der Waals surface area contributed by atoms with Gasteiger partial charge in [0.2, 0.25) is 0 Å². The summed E-state index contributed by atoms with van der Waals surface area (Å²) < 4.78 is 5.86. The molecule has 7 heteroatoms. The van der Waals surface area contributed by atoms with Gasteiger partial charge in [0, 0.05) is 24.5 Å². The van der Waals surface area contributed by atoms with Crippen LogP contribution in [0.25, 0.3) is 0 Å². The number of cyclic esters (lactones) is 1. The van der Waals surface area contributed by atoms with E-state index in [-0.39, 0.29) is 12.6 Å². The number of aliphatic hydroxyl groups is 1. The fourth-order valence-electron chi connectivity index (χ4n) is 2.59. The minimum Gasteiger partial charge on any atom is -0.457 e. The van der Waals surface area contributed by atoms with Crippen LogP contribution >= 0.6 is 15.9 Å². The summed E-state index contributed by atoms with van der Waals surface area (Å²) in [5.74, 6) is 0.361. The second-order valence-electron chi connectivity index (χ2n) is 5.35. The smallest absolute Gasteiger partial charge is 0.338 e. The lowest BCUT2D eigenvalue weighted by atomic mass is 9.95. The molecule has 0 amide bonds. The Hall–Kier alpha value is -1.83. The number of rotatable bonds is 5. The quantitative estimate of drug-likeness (QED) is 0.775. The Morgan fingerprint density at radius 1 is 1.39 bits per heavy atom. The largest absolute Gasteiger partial charge is 0.457 e. The van der Waals surface area contributed by atoms with Gasteiger partial charge in [0.05, 0.1) is 22.7 Å². The van der Waals surface area contributed by atoms with Crippen molar-refractivity contribution in [2.75, 3.05) is 6.54 Å². The molecule has 3 rings (SSSR count). The van der Waals surface area contributed by atoms with Crippen molar-refractivity contribution in [3.8, 4) is 0 Å². The van der Waals surface area contributed by atoms with E-state index < -0.39 is 6.10 Å². The molecule has 0 saturated carbocycles. The molecule has 1 aliphatic rings. The van der Waals surface area contributed by atoms with E-state index >= 15 is 0 Å². The van der Waals surface area contributed by atoms with Gasteiger partial charge in [-0.1, -0.05) is 6.07 Å². The number of hydrogen-bond donors (Lipinski definition) is 2. The third-order valence-corrected chi connectivity index (χ3v) is 4.27. The molecule has 0 fully saturated rings. The van der Waals surface area contributed by atoms with E-state index in [1.165, 1.54) is 0 Å². The van der Waals surface area contributed by atoms with E-state index in [2.05, 4.69) is 31.2 Å². The molecule has 0 spiro atoms. The van der Waals surface area contributed by atoms with Gasteiger partial charge in [0.15, 0.2) is 0 Å². The summed E-state index contributed by atoms with van der Waals surface area (Å²) in [5, 5.41) is 13.5. The lowest BCUT2D eigenvalue weighted by Crippen LogP contribution is -2.23. The van der Waals surface area contributed by atoms with Crippen LogP contribution in [0.2, 0.25) is 0 Å². The van der Waals surface area contributed by atoms with Gasteiger partial charge in [-0.25, -0.2) is 14.8 Å². The maximum Gasteiger partial charge on any atom is 0.338 e. The van der Waals surface area contributed by atoms with Crippen LogP contribution in [-0.2, 0) is 17.9 Å². The van der Waals surface area contributed by atoms with Gasteiger partial charge in [0.25, 0.3) is 0 Å². The zero-order chi connectivity index (χ0) is 16.4. The molecule has 6 nitrogen and oxygen atoms in total. The number of hydrogen-bond acceptors (Lipinski definition) is 6. The lowest BCUT2D eigenvalue weighted by molar-refractivity contribution is 0.0535. The Morgan fingerprint density at radius 2 is 2.13 bits per heavy atom. The molecule has 0 aliphatic carbocycles. The number of ether oxygens (including phenoxy) is 1. The molecule has 2 N–H and O–H groups in total. The van der Waals surface area contributed by atoms with E-state index in [4.69, 9.17) is 4.74 Å². The van der Waals surface area contributed by atoms with Gasteiger partial charge in [-0.2, -0.15) is 0 Å². The Labute approximate surface area is 142 Å². The summed E-state index contributed by atoms with van der Waals surface area (Å²) in [7, 11) is 0. The Balaban J connectivity index is 1.63. The van der Waals surface area contributed by atoms with Crippen LogP contribution in [-0.4, -0.2) is 27.6 Å². The average molecular weight is 378 g/mol. The first-order chi connectivity index (χ1) is 11.1. The van der Waals surface area contributed by atoms with E-state index in [0.29, 0.717) is 24.5 Å². The third-order valence-electron chi connectivity index (χ3n) is 3.86. The number of carbonyl (C=O) groups excluding carboxylic acids is 1. The van der Waals surface area contributed by atoms with E-state index in [0.717, 1.165) is 21.2 Å². The summed E-state index contributed by atoms with van der Waals surface area (Å²) in [4.78, 5) is 19.9. The van der Waals surface area contributed by atoms with Crippen molar-refractivity contribution in [1.82, 2.24) is 15.3 Å². The van der Waals surface area contributed by atoms with Crippen molar-refractivity contribution in [3.63, 3.8) is 0 Å². The first-order valence-electron chi connectivity index (χ1n) is 7.21. The number of nitrogens with one attached hydrogen (secondary N) is 1. The van der Waals surface area contributed by atoms with Gasteiger partial charge in [0.1, 0.15) is 12.4 Å². The van der Waals surface area contributed by atoms with Crippen LogP contribution in [0.15, 0.2) is 29.0 Å². The number of nitrogens with zero attached hydrogens (tertiary/aromatic N) is 2. The molecule has 0 saturated heterocycles. The standard InChI is InChI=1S/C16H16BrN3O3/c1-9-11(2-3-12-13(9)8-23-16(12)22)14(21)6-18-7-15-19-4-10(17)5-20-15/h2-5,14,18,21H,6-8H2,1H3. The van der Waals surface area contributed by atoms with Crippen molar-refractivity contribution in [2.24, 2.45) is 0 Å². The highest BCUT2D eigenvalue weighted by Crippen LogP contribution is 2.28. The number of halogens is 1. The summed E-state index contributed by atoms with van der Waals surface area (Å²) in [5.41, 5.74) is 3.16.